The van der Waals surface area contributed by atoms with Crippen molar-refractivity contribution in [3.8, 4) is 0 Å². The third kappa shape index (κ3) is 4.97. The Balaban J connectivity index is 2.21. The average molecular weight is 227 g/mol. The van der Waals surface area contributed by atoms with Gasteiger partial charge in [0.2, 0.25) is 0 Å². The lowest BCUT2D eigenvalue weighted by atomic mass is 9.84. The van der Waals surface area contributed by atoms with Gasteiger partial charge in [0, 0.05) is 18.5 Å². The number of aliphatic carboxylic acids is 1. The summed E-state index contributed by atoms with van der Waals surface area (Å²) in [5.41, 5.74) is 0. The Hall–Kier alpha value is -0.570. The number of carboxylic acid groups (broad SMARTS) is 1. The van der Waals surface area contributed by atoms with Crippen LogP contribution in [0.4, 0.5) is 0 Å². The van der Waals surface area contributed by atoms with Gasteiger partial charge >= 0.3 is 5.97 Å². The predicted octanol–water partition coefficient (Wildman–Crippen LogP) is 2.80. The molecule has 0 aromatic carbocycles. The first-order valence-corrected chi connectivity index (χ1v) is 6.57. The molecule has 0 radical (unpaired) electrons. The van der Waals surface area contributed by atoms with Crippen molar-refractivity contribution < 1.29 is 9.90 Å². The molecule has 2 atom stereocenters. The van der Waals surface area contributed by atoms with E-state index in [1.807, 2.05) is 0 Å². The van der Waals surface area contributed by atoms with Gasteiger partial charge in [0.15, 0.2) is 0 Å². The van der Waals surface area contributed by atoms with Gasteiger partial charge in [-0.3, -0.25) is 4.79 Å². The average Bonchev–Trinajstić information content (AvgIpc) is 2.27. The fourth-order valence-corrected chi connectivity index (χ4v) is 2.64. The van der Waals surface area contributed by atoms with Crippen LogP contribution in [0.5, 0.6) is 0 Å². The SMILES string of the molecule is CC(CCC(=O)O)N[C@H](C)C1CCCCC1. The molecule has 1 saturated carbocycles. The molecule has 16 heavy (non-hydrogen) atoms. The number of hydrogen-bond donors (Lipinski definition) is 2. The minimum Gasteiger partial charge on any atom is -0.481 e. The third-order valence-corrected chi connectivity index (χ3v) is 3.70. The van der Waals surface area contributed by atoms with Crippen LogP contribution in [-0.4, -0.2) is 23.2 Å². The highest BCUT2D eigenvalue weighted by Gasteiger charge is 2.21. The largest absolute Gasteiger partial charge is 0.481 e. The fraction of sp³-hybridized carbons (Fsp3) is 0.923. The molecule has 3 nitrogen and oxygen atoms in total. The molecule has 0 aromatic heterocycles. The molecular weight excluding hydrogens is 202 g/mol. The Kier molecular flexibility index (Phi) is 5.81. The molecule has 0 bridgehead atoms. The van der Waals surface area contributed by atoms with Crippen molar-refractivity contribution in [2.24, 2.45) is 5.92 Å². The summed E-state index contributed by atoms with van der Waals surface area (Å²) < 4.78 is 0. The summed E-state index contributed by atoms with van der Waals surface area (Å²) in [6, 6.07) is 0.845. The molecule has 0 saturated heterocycles. The van der Waals surface area contributed by atoms with Crippen LogP contribution in [0.25, 0.3) is 0 Å². The van der Waals surface area contributed by atoms with Crippen LogP contribution in [0.15, 0.2) is 0 Å². The number of hydrogen-bond acceptors (Lipinski definition) is 2. The molecule has 1 rings (SSSR count). The first-order chi connectivity index (χ1) is 7.59. The molecular formula is C13H25NO2. The maximum atomic E-state index is 10.5. The Labute approximate surface area is 98.6 Å². The van der Waals surface area contributed by atoms with Crippen LogP contribution in [-0.2, 0) is 4.79 Å². The molecule has 1 fully saturated rings. The topological polar surface area (TPSA) is 49.3 Å². The van der Waals surface area contributed by atoms with Crippen LogP contribution in [0.2, 0.25) is 0 Å². The second kappa shape index (κ2) is 6.89. The number of carbonyl (C=O) groups is 1. The summed E-state index contributed by atoms with van der Waals surface area (Å²) in [7, 11) is 0. The van der Waals surface area contributed by atoms with Gasteiger partial charge in [-0.05, 0) is 39.0 Å². The van der Waals surface area contributed by atoms with Crippen LogP contribution in [0, 0.1) is 5.92 Å². The lowest BCUT2D eigenvalue weighted by molar-refractivity contribution is -0.137. The zero-order chi connectivity index (χ0) is 12.0. The van der Waals surface area contributed by atoms with Crippen molar-refractivity contribution in [3.63, 3.8) is 0 Å². The molecule has 0 amide bonds. The van der Waals surface area contributed by atoms with Crippen molar-refractivity contribution in [2.45, 2.75) is 70.9 Å². The highest BCUT2D eigenvalue weighted by Crippen LogP contribution is 2.26. The normalized spacial score (nSPS) is 21.6. The van der Waals surface area contributed by atoms with E-state index in [2.05, 4.69) is 19.2 Å². The molecule has 1 aliphatic carbocycles. The Morgan fingerprint density at radius 2 is 1.94 bits per heavy atom. The quantitative estimate of drug-likeness (QED) is 0.733. The lowest BCUT2D eigenvalue weighted by Gasteiger charge is -2.30. The van der Waals surface area contributed by atoms with E-state index in [1.165, 1.54) is 32.1 Å². The van der Waals surface area contributed by atoms with Gasteiger partial charge in [-0.1, -0.05) is 19.3 Å². The second-order valence-electron chi connectivity index (χ2n) is 5.19. The van der Waals surface area contributed by atoms with E-state index >= 15 is 0 Å². The number of rotatable bonds is 6. The fourth-order valence-electron chi connectivity index (χ4n) is 2.64. The van der Waals surface area contributed by atoms with Crippen molar-refractivity contribution in [3.05, 3.63) is 0 Å². The highest BCUT2D eigenvalue weighted by atomic mass is 16.4. The van der Waals surface area contributed by atoms with E-state index in [0.29, 0.717) is 12.1 Å². The van der Waals surface area contributed by atoms with Crippen molar-refractivity contribution in [1.29, 1.82) is 0 Å². The minimum absolute atomic E-state index is 0.269. The molecule has 2 N–H and O–H groups in total. The smallest absolute Gasteiger partial charge is 0.303 e. The van der Waals surface area contributed by atoms with Crippen molar-refractivity contribution in [1.82, 2.24) is 5.32 Å². The van der Waals surface area contributed by atoms with Crippen molar-refractivity contribution in [2.75, 3.05) is 0 Å². The molecule has 3 heteroatoms. The van der Waals surface area contributed by atoms with E-state index in [-0.39, 0.29) is 6.42 Å². The van der Waals surface area contributed by atoms with Crippen LogP contribution >= 0.6 is 0 Å². The minimum atomic E-state index is -0.695. The maximum absolute atomic E-state index is 10.5. The number of nitrogens with one attached hydrogen (secondary N) is 1. The molecule has 1 unspecified atom stereocenters. The van der Waals surface area contributed by atoms with Gasteiger partial charge in [-0.25, -0.2) is 0 Å². The van der Waals surface area contributed by atoms with Crippen LogP contribution in [0.3, 0.4) is 0 Å². The molecule has 0 aromatic rings. The van der Waals surface area contributed by atoms with Gasteiger partial charge in [-0.2, -0.15) is 0 Å². The first-order valence-electron chi connectivity index (χ1n) is 6.57. The van der Waals surface area contributed by atoms with Gasteiger partial charge in [0.05, 0.1) is 0 Å². The highest BCUT2D eigenvalue weighted by molar-refractivity contribution is 5.66. The summed E-state index contributed by atoms with van der Waals surface area (Å²) in [6.45, 7) is 4.33. The zero-order valence-corrected chi connectivity index (χ0v) is 10.5. The molecule has 0 heterocycles. The van der Waals surface area contributed by atoms with E-state index in [9.17, 15) is 4.79 Å². The monoisotopic (exact) mass is 227 g/mol. The molecule has 0 aliphatic heterocycles. The summed E-state index contributed by atoms with van der Waals surface area (Å²) in [4.78, 5) is 10.5. The van der Waals surface area contributed by atoms with E-state index < -0.39 is 5.97 Å². The predicted molar refractivity (Wildman–Crippen MR) is 65.5 cm³/mol. The molecule has 0 spiro atoms. The van der Waals surface area contributed by atoms with E-state index in [4.69, 9.17) is 5.11 Å². The standard InChI is InChI=1S/C13H25NO2/c1-10(8-9-13(15)16)14-11(2)12-6-4-3-5-7-12/h10-12,14H,3-9H2,1-2H3,(H,15,16)/t10?,11-/m1/s1. The number of carboxylic acids is 1. The second-order valence-corrected chi connectivity index (χ2v) is 5.19. The van der Waals surface area contributed by atoms with Gasteiger partial charge in [0.1, 0.15) is 0 Å². The van der Waals surface area contributed by atoms with Crippen LogP contribution in [0.1, 0.15) is 58.8 Å². The summed E-state index contributed by atoms with van der Waals surface area (Å²) in [5, 5.41) is 12.2. The van der Waals surface area contributed by atoms with Gasteiger partial charge in [-0.15, -0.1) is 0 Å². The molecule has 94 valence electrons. The van der Waals surface area contributed by atoms with Gasteiger partial charge < -0.3 is 10.4 Å². The van der Waals surface area contributed by atoms with Crippen LogP contribution < -0.4 is 5.32 Å². The summed E-state index contributed by atoms with van der Waals surface area (Å²) in [5.74, 6) is 0.0972. The Morgan fingerprint density at radius 1 is 1.31 bits per heavy atom. The first kappa shape index (κ1) is 13.5. The summed E-state index contributed by atoms with van der Waals surface area (Å²) in [6.07, 6.45) is 7.77. The van der Waals surface area contributed by atoms with Crippen molar-refractivity contribution >= 4 is 5.97 Å². The lowest BCUT2D eigenvalue weighted by Crippen LogP contribution is -2.40. The van der Waals surface area contributed by atoms with E-state index in [1.54, 1.807) is 0 Å². The summed E-state index contributed by atoms with van der Waals surface area (Å²) >= 11 is 0. The Morgan fingerprint density at radius 3 is 2.50 bits per heavy atom. The molecule has 1 aliphatic rings. The Bertz CT molecular complexity index is 212. The maximum Gasteiger partial charge on any atom is 0.303 e. The zero-order valence-electron chi connectivity index (χ0n) is 10.5. The van der Waals surface area contributed by atoms with E-state index in [0.717, 1.165) is 12.3 Å². The van der Waals surface area contributed by atoms with Gasteiger partial charge in [0.25, 0.3) is 0 Å². The third-order valence-electron chi connectivity index (χ3n) is 3.70.